The zero-order valence-electron chi connectivity index (χ0n) is 15.9. The van der Waals surface area contributed by atoms with Crippen molar-refractivity contribution in [3.8, 4) is 5.75 Å². The SMILES string of the molecule is CC(C)[Si](Oc1ccc2c(sc3ccccc32)c1F)(C(C)C)C(C)C. The van der Waals surface area contributed by atoms with Gasteiger partial charge in [0.15, 0.2) is 5.82 Å². The van der Waals surface area contributed by atoms with Gasteiger partial charge in [0.05, 0.1) is 4.70 Å². The fraction of sp³-hybridized carbons (Fsp3) is 0.429. The van der Waals surface area contributed by atoms with Crippen molar-refractivity contribution in [2.24, 2.45) is 0 Å². The van der Waals surface area contributed by atoms with E-state index in [1.807, 2.05) is 24.3 Å². The third-order valence-electron chi connectivity index (χ3n) is 5.44. The Morgan fingerprint density at radius 2 is 1.44 bits per heavy atom. The van der Waals surface area contributed by atoms with Gasteiger partial charge in [-0.05, 0) is 34.8 Å². The molecule has 3 aromatic rings. The van der Waals surface area contributed by atoms with Crippen molar-refractivity contribution in [3.63, 3.8) is 0 Å². The summed E-state index contributed by atoms with van der Waals surface area (Å²) >= 11 is 1.51. The lowest BCUT2D eigenvalue weighted by Gasteiger charge is -2.42. The number of hydrogen-bond acceptors (Lipinski definition) is 2. The van der Waals surface area contributed by atoms with E-state index in [-0.39, 0.29) is 5.82 Å². The molecule has 0 N–H and O–H groups in total. The minimum atomic E-state index is -2.16. The highest BCUT2D eigenvalue weighted by molar-refractivity contribution is 7.25. The minimum Gasteiger partial charge on any atom is -0.541 e. The van der Waals surface area contributed by atoms with Gasteiger partial charge in [0, 0.05) is 15.5 Å². The van der Waals surface area contributed by atoms with Gasteiger partial charge in [-0.3, -0.25) is 0 Å². The monoisotopic (exact) mass is 374 g/mol. The third kappa shape index (κ3) is 2.89. The average molecular weight is 375 g/mol. The maximum atomic E-state index is 15.3. The Hall–Kier alpha value is -1.39. The Morgan fingerprint density at radius 3 is 2.04 bits per heavy atom. The zero-order valence-corrected chi connectivity index (χ0v) is 17.7. The van der Waals surface area contributed by atoms with Crippen LogP contribution in [0.2, 0.25) is 16.6 Å². The van der Waals surface area contributed by atoms with Crippen LogP contribution in [0.3, 0.4) is 0 Å². The molecule has 0 bridgehead atoms. The second kappa shape index (κ2) is 6.73. The maximum absolute atomic E-state index is 15.3. The zero-order chi connectivity index (χ0) is 18.4. The largest absolute Gasteiger partial charge is 0.541 e. The van der Waals surface area contributed by atoms with Gasteiger partial charge in [-0.1, -0.05) is 59.7 Å². The molecule has 0 aliphatic heterocycles. The second-order valence-electron chi connectivity index (χ2n) is 7.77. The van der Waals surface area contributed by atoms with Crippen molar-refractivity contribution >= 4 is 39.8 Å². The molecule has 0 unspecified atom stereocenters. The first-order valence-corrected chi connectivity index (χ1v) is 12.0. The molecule has 3 rings (SSSR count). The molecular weight excluding hydrogens is 347 g/mol. The summed E-state index contributed by atoms with van der Waals surface area (Å²) < 4.78 is 23.8. The fourth-order valence-electron chi connectivity index (χ4n) is 4.36. The summed E-state index contributed by atoms with van der Waals surface area (Å²) in [6, 6.07) is 12.0. The summed E-state index contributed by atoms with van der Waals surface area (Å²) in [5, 5.41) is 2.10. The summed E-state index contributed by atoms with van der Waals surface area (Å²) in [5.74, 6) is 0.236. The quantitative estimate of drug-likeness (QED) is 0.415. The van der Waals surface area contributed by atoms with Gasteiger partial charge in [-0.2, -0.15) is 0 Å². The maximum Gasteiger partial charge on any atom is 0.258 e. The number of fused-ring (bicyclic) bond motifs is 3. The van der Waals surface area contributed by atoms with Crippen molar-refractivity contribution < 1.29 is 8.82 Å². The summed E-state index contributed by atoms with van der Waals surface area (Å²) in [6.07, 6.45) is 0. The van der Waals surface area contributed by atoms with E-state index < -0.39 is 8.32 Å². The van der Waals surface area contributed by atoms with Gasteiger partial charge in [0.1, 0.15) is 5.75 Å². The van der Waals surface area contributed by atoms with Gasteiger partial charge >= 0.3 is 0 Å². The molecule has 134 valence electrons. The van der Waals surface area contributed by atoms with E-state index >= 15 is 4.39 Å². The van der Waals surface area contributed by atoms with Gasteiger partial charge in [-0.25, -0.2) is 4.39 Å². The lowest BCUT2D eigenvalue weighted by atomic mass is 10.1. The summed E-state index contributed by atoms with van der Waals surface area (Å²) in [7, 11) is -2.16. The highest BCUT2D eigenvalue weighted by atomic mass is 32.1. The molecule has 0 spiro atoms. The Balaban J connectivity index is 2.15. The summed E-state index contributed by atoms with van der Waals surface area (Å²) in [4.78, 5) is 0. The molecule has 25 heavy (non-hydrogen) atoms. The Labute approximate surface area is 155 Å². The molecule has 2 aromatic carbocycles. The van der Waals surface area contributed by atoms with E-state index in [9.17, 15) is 0 Å². The highest BCUT2D eigenvalue weighted by Gasteiger charge is 2.47. The number of hydrogen-bond donors (Lipinski definition) is 0. The normalized spacial score (nSPS) is 12.9. The van der Waals surface area contributed by atoms with Crippen LogP contribution in [0.25, 0.3) is 20.2 Å². The lowest BCUT2D eigenvalue weighted by Crippen LogP contribution is -2.50. The van der Waals surface area contributed by atoms with E-state index in [0.29, 0.717) is 27.1 Å². The van der Waals surface area contributed by atoms with Crippen LogP contribution in [-0.2, 0) is 0 Å². The van der Waals surface area contributed by atoms with Gasteiger partial charge in [-0.15, -0.1) is 11.3 Å². The van der Waals surface area contributed by atoms with E-state index in [1.165, 1.54) is 11.3 Å². The predicted octanol–water partition coefficient (Wildman–Crippen LogP) is 7.75. The number of halogens is 1. The molecule has 1 heterocycles. The van der Waals surface area contributed by atoms with Crippen LogP contribution in [0.4, 0.5) is 4.39 Å². The van der Waals surface area contributed by atoms with Crippen molar-refractivity contribution in [3.05, 3.63) is 42.2 Å². The second-order valence-corrected chi connectivity index (χ2v) is 14.2. The van der Waals surface area contributed by atoms with Crippen LogP contribution in [0.5, 0.6) is 5.75 Å². The number of thiophene rings is 1. The molecule has 4 heteroatoms. The van der Waals surface area contributed by atoms with E-state index in [0.717, 1.165) is 15.5 Å². The third-order valence-corrected chi connectivity index (χ3v) is 12.6. The van der Waals surface area contributed by atoms with Crippen molar-refractivity contribution in [1.29, 1.82) is 0 Å². The van der Waals surface area contributed by atoms with E-state index in [4.69, 9.17) is 4.43 Å². The highest BCUT2D eigenvalue weighted by Crippen LogP contribution is 2.45. The minimum absolute atomic E-state index is 0.197. The molecule has 0 saturated carbocycles. The average Bonchev–Trinajstić information content (AvgIpc) is 2.93. The summed E-state index contributed by atoms with van der Waals surface area (Å²) in [6.45, 7) is 13.3. The van der Waals surface area contributed by atoms with Crippen molar-refractivity contribution in [2.45, 2.75) is 58.2 Å². The van der Waals surface area contributed by atoms with Crippen LogP contribution in [0, 0.1) is 5.82 Å². The van der Waals surface area contributed by atoms with E-state index in [2.05, 4.69) is 53.7 Å². The fourth-order valence-corrected chi connectivity index (χ4v) is 10.7. The molecular formula is C21H27FOSSi. The Kier molecular flexibility index (Phi) is 4.95. The van der Waals surface area contributed by atoms with Crippen LogP contribution >= 0.6 is 11.3 Å². The Bertz CT molecular complexity index is 876. The first-order valence-electron chi connectivity index (χ1n) is 9.07. The van der Waals surface area contributed by atoms with Crippen molar-refractivity contribution in [2.75, 3.05) is 0 Å². The van der Waals surface area contributed by atoms with Gasteiger partial charge < -0.3 is 4.43 Å². The predicted molar refractivity (Wildman–Crippen MR) is 111 cm³/mol. The van der Waals surface area contributed by atoms with Gasteiger partial charge in [0.25, 0.3) is 8.32 Å². The molecule has 1 nitrogen and oxygen atoms in total. The molecule has 1 aromatic heterocycles. The first kappa shape index (κ1) is 18.4. The van der Waals surface area contributed by atoms with Crippen LogP contribution < -0.4 is 4.43 Å². The number of rotatable bonds is 5. The van der Waals surface area contributed by atoms with Crippen LogP contribution in [0.15, 0.2) is 36.4 Å². The first-order chi connectivity index (χ1) is 11.8. The van der Waals surface area contributed by atoms with Gasteiger partial charge in [0.2, 0.25) is 0 Å². The molecule has 0 atom stereocenters. The molecule has 0 aliphatic carbocycles. The molecule has 0 saturated heterocycles. The topological polar surface area (TPSA) is 9.23 Å². The van der Waals surface area contributed by atoms with E-state index in [1.54, 1.807) is 0 Å². The lowest BCUT2D eigenvalue weighted by molar-refractivity contribution is 0.450. The summed E-state index contributed by atoms with van der Waals surface area (Å²) in [5.41, 5.74) is 1.26. The van der Waals surface area contributed by atoms with Crippen LogP contribution in [-0.4, -0.2) is 8.32 Å². The number of benzene rings is 2. The standard InChI is InChI=1S/C21H27FOSSi/c1-13(2)25(14(3)4,15(5)6)23-18-12-11-17-16-9-7-8-10-19(16)24-21(17)20(18)22/h7-15H,1-6H3. The Morgan fingerprint density at radius 1 is 0.840 bits per heavy atom. The molecule has 0 radical (unpaired) electrons. The van der Waals surface area contributed by atoms with Crippen LogP contribution in [0.1, 0.15) is 41.5 Å². The molecule has 0 aliphatic rings. The smallest absolute Gasteiger partial charge is 0.258 e. The molecule has 0 fully saturated rings. The molecule has 0 amide bonds. The van der Waals surface area contributed by atoms with Crippen molar-refractivity contribution in [1.82, 2.24) is 0 Å².